The Morgan fingerprint density at radius 3 is 2.20 bits per heavy atom. The summed E-state index contributed by atoms with van der Waals surface area (Å²) in [6.07, 6.45) is 1.57. The molecule has 1 heterocycles. The number of benzene rings is 3. The third-order valence-corrected chi connectivity index (χ3v) is 4.66. The maximum atomic E-state index is 13.4. The summed E-state index contributed by atoms with van der Waals surface area (Å²) in [7, 11) is 0. The standard InChI is InChI=1S/C23H16FN3O3/c1-15-2-6-17(7-3-15)22-25-21(14-16-4-10-20(11-5-16)27(29)30)23(28)26(22)19-12-8-18(24)9-13-19/h2-14H,1H3/b21-14+. The third kappa shape index (κ3) is 3.73. The van der Waals surface area contributed by atoms with Crippen LogP contribution in [0.15, 0.2) is 83.5 Å². The monoisotopic (exact) mass is 401 g/mol. The molecular formula is C23H16FN3O3. The summed E-state index contributed by atoms with van der Waals surface area (Å²) in [5.41, 5.74) is 3.06. The van der Waals surface area contributed by atoms with Crippen molar-refractivity contribution in [3.8, 4) is 0 Å². The zero-order chi connectivity index (χ0) is 21.3. The van der Waals surface area contributed by atoms with Crippen molar-refractivity contribution in [3.63, 3.8) is 0 Å². The molecule has 0 unspecified atom stereocenters. The summed E-state index contributed by atoms with van der Waals surface area (Å²) in [6, 6.07) is 19.0. The quantitative estimate of drug-likeness (QED) is 0.355. The molecule has 0 atom stereocenters. The number of hydrogen-bond donors (Lipinski definition) is 0. The van der Waals surface area contributed by atoms with Crippen LogP contribution < -0.4 is 4.90 Å². The van der Waals surface area contributed by atoms with Gasteiger partial charge in [0, 0.05) is 17.7 Å². The van der Waals surface area contributed by atoms with Gasteiger partial charge < -0.3 is 0 Å². The Morgan fingerprint density at radius 2 is 1.60 bits per heavy atom. The van der Waals surface area contributed by atoms with Gasteiger partial charge in [0.05, 0.1) is 10.6 Å². The van der Waals surface area contributed by atoms with Crippen LogP contribution in [-0.2, 0) is 4.79 Å². The number of aliphatic imine (C=N–C) groups is 1. The van der Waals surface area contributed by atoms with Crippen LogP contribution in [0.2, 0.25) is 0 Å². The van der Waals surface area contributed by atoms with Crippen molar-refractivity contribution in [1.82, 2.24) is 0 Å². The predicted molar refractivity (Wildman–Crippen MR) is 113 cm³/mol. The van der Waals surface area contributed by atoms with Crippen LogP contribution in [0.25, 0.3) is 6.08 Å². The lowest BCUT2D eigenvalue weighted by molar-refractivity contribution is -0.384. The van der Waals surface area contributed by atoms with Crippen LogP contribution >= 0.6 is 0 Å². The normalized spacial score (nSPS) is 14.9. The van der Waals surface area contributed by atoms with Gasteiger partial charge in [-0.2, -0.15) is 0 Å². The highest BCUT2D eigenvalue weighted by molar-refractivity contribution is 6.33. The molecule has 0 fully saturated rings. The van der Waals surface area contributed by atoms with E-state index in [0.717, 1.165) is 11.1 Å². The molecule has 0 N–H and O–H groups in total. The molecule has 30 heavy (non-hydrogen) atoms. The van der Waals surface area contributed by atoms with E-state index in [9.17, 15) is 19.3 Å². The number of nitrogens with zero attached hydrogens (tertiary/aromatic N) is 3. The summed E-state index contributed by atoms with van der Waals surface area (Å²) < 4.78 is 13.4. The number of non-ortho nitro benzene ring substituents is 1. The molecular weight excluding hydrogens is 385 g/mol. The summed E-state index contributed by atoms with van der Waals surface area (Å²) in [4.78, 5) is 29.5. The lowest BCUT2D eigenvalue weighted by Crippen LogP contribution is -2.32. The highest BCUT2D eigenvalue weighted by Crippen LogP contribution is 2.28. The first-order valence-electron chi connectivity index (χ1n) is 9.14. The van der Waals surface area contributed by atoms with Gasteiger partial charge in [-0.05, 0) is 55.0 Å². The molecule has 0 spiro atoms. The average Bonchev–Trinajstić information content (AvgIpc) is 3.06. The van der Waals surface area contributed by atoms with Crippen LogP contribution in [0.1, 0.15) is 16.7 Å². The topological polar surface area (TPSA) is 75.8 Å². The Labute approximate surface area is 171 Å². The van der Waals surface area contributed by atoms with Gasteiger partial charge in [0.1, 0.15) is 17.3 Å². The zero-order valence-corrected chi connectivity index (χ0v) is 15.9. The Bertz CT molecular complexity index is 1180. The molecule has 1 aliphatic rings. The lowest BCUT2D eigenvalue weighted by Gasteiger charge is -2.18. The molecule has 0 aliphatic carbocycles. The van der Waals surface area contributed by atoms with Crippen molar-refractivity contribution >= 4 is 29.2 Å². The molecule has 0 saturated carbocycles. The number of rotatable bonds is 4. The predicted octanol–water partition coefficient (Wildman–Crippen LogP) is 4.88. The SMILES string of the molecule is Cc1ccc(C2=N/C(=C/c3ccc([N+](=O)[O-])cc3)C(=O)N2c2ccc(F)cc2)cc1. The van der Waals surface area contributed by atoms with E-state index < -0.39 is 10.7 Å². The first kappa shape index (κ1) is 19.2. The Kier molecular flexibility index (Phi) is 4.93. The number of amidine groups is 1. The minimum Gasteiger partial charge on any atom is -0.266 e. The van der Waals surface area contributed by atoms with E-state index in [4.69, 9.17) is 0 Å². The maximum Gasteiger partial charge on any atom is 0.282 e. The van der Waals surface area contributed by atoms with Gasteiger partial charge in [-0.25, -0.2) is 9.38 Å². The van der Waals surface area contributed by atoms with E-state index in [1.165, 1.54) is 41.3 Å². The van der Waals surface area contributed by atoms with Gasteiger partial charge in [0.2, 0.25) is 0 Å². The highest BCUT2D eigenvalue weighted by atomic mass is 19.1. The maximum absolute atomic E-state index is 13.4. The first-order valence-corrected chi connectivity index (χ1v) is 9.14. The van der Waals surface area contributed by atoms with Gasteiger partial charge >= 0.3 is 0 Å². The van der Waals surface area contributed by atoms with Crippen molar-refractivity contribution in [1.29, 1.82) is 0 Å². The van der Waals surface area contributed by atoms with E-state index in [2.05, 4.69) is 4.99 Å². The van der Waals surface area contributed by atoms with Crippen LogP contribution in [0, 0.1) is 22.9 Å². The fourth-order valence-corrected chi connectivity index (χ4v) is 3.09. The molecule has 0 radical (unpaired) electrons. The molecule has 1 amide bonds. The molecule has 7 heteroatoms. The molecule has 1 aliphatic heterocycles. The number of nitro benzene ring substituents is 1. The Morgan fingerprint density at radius 1 is 0.967 bits per heavy atom. The van der Waals surface area contributed by atoms with Gasteiger partial charge in [-0.1, -0.05) is 29.8 Å². The van der Waals surface area contributed by atoms with Crippen LogP contribution in [0.4, 0.5) is 15.8 Å². The number of halogens is 1. The number of carbonyl (C=O) groups is 1. The van der Waals surface area contributed by atoms with Crippen molar-refractivity contribution in [3.05, 3.63) is 111 Å². The van der Waals surface area contributed by atoms with Crippen LogP contribution in [-0.4, -0.2) is 16.7 Å². The molecule has 0 aromatic heterocycles. The van der Waals surface area contributed by atoms with Gasteiger partial charge in [0.15, 0.2) is 0 Å². The van der Waals surface area contributed by atoms with Crippen molar-refractivity contribution in [2.75, 3.05) is 4.90 Å². The summed E-state index contributed by atoms with van der Waals surface area (Å²) in [6.45, 7) is 1.96. The molecule has 6 nitrogen and oxygen atoms in total. The smallest absolute Gasteiger partial charge is 0.266 e. The zero-order valence-electron chi connectivity index (χ0n) is 15.9. The number of anilines is 1. The summed E-state index contributed by atoms with van der Waals surface area (Å²) in [5, 5.41) is 10.8. The van der Waals surface area contributed by atoms with E-state index in [-0.39, 0.29) is 17.3 Å². The van der Waals surface area contributed by atoms with Crippen molar-refractivity contribution < 1.29 is 14.1 Å². The van der Waals surface area contributed by atoms with Gasteiger partial charge in [-0.3, -0.25) is 19.8 Å². The average molecular weight is 401 g/mol. The molecule has 4 rings (SSSR count). The summed E-state index contributed by atoms with van der Waals surface area (Å²) in [5.74, 6) is -0.337. The minimum absolute atomic E-state index is 0.0355. The van der Waals surface area contributed by atoms with Crippen molar-refractivity contribution in [2.24, 2.45) is 4.99 Å². The van der Waals surface area contributed by atoms with E-state index in [1.807, 2.05) is 31.2 Å². The van der Waals surface area contributed by atoms with Crippen LogP contribution in [0.5, 0.6) is 0 Å². The largest absolute Gasteiger partial charge is 0.282 e. The highest BCUT2D eigenvalue weighted by Gasteiger charge is 2.32. The molecule has 3 aromatic carbocycles. The second-order valence-electron chi connectivity index (χ2n) is 6.80. The molecule has 0 bridgehead atoms. The van der Waals surface area contributed by atoms with Crippen LogP contribution in [0.3, 0.4) is 0 Å². The second kappa shape index (κ2) is 7.71. The number of nitro groups is 1. The Hall–Kier alpha value is -4.13. The van der Waals surface area contributed by atoms with E-state index in [1.54, 1.807) is 18.2 Å². The lowest BCUT2D eigenvalue weighted by atomic mass is 10.1. The molecule has 0 saturated heterocycles. The third-order valence-electron chi connectivity index (χ3n) is 4.66. The van der Waals surface area contributed by atoms with Crippen molar-refractivity contribution in [2.45, 2.75) is 6.92 Å². The fourth-order valence-electron chi connectivity index (χ4n) is 3.09. The number of hydrogen-bond acceptors (Lipinski definition) is 4. The summed E-state index contributed by atoms with van der Waals surface area (Å²) >= 11 is 0. The Balaban J connectivity index is 1.78. The van der Waals surface area contributed by atoms with Gasteiger partial charge in [0.25, 0.3) is 11.6 Å². The first-order chi connectivity index (χ1) is 14.4. The minimum atomic E-state index is -0.485. The number of aryl methyl sites for hydroxylation is 1. The molecule has 148 valence electrons. The molecule has 3 aromatic rings. The second-order valence-corrected chi connectivity index (χ2v) is 6.80. The van der Waals surface area contributed by atoms with Gasteiger partial charge in [-0.15, -0.1) is 0 Å². The number of carbonyl (C=O) groups excluding carboxylic acids is 1. The van der Waals surface area contributed by atoms with E-state index in [0.29, 0.717) is 17.1 Å². The fraction of sp³-hybridized carbons (Fsp3) is 0.0435. The van der Waals surface area contributed by atoms with E-state index >= 15 is 0 Å². The number of amides is 1.